The van der Waals surface area contributed by atoms with Gasteiger partial charge in [0.1, 0.15) is 0 Å². The predicted octanol–water partition coefficient (Wildman–Crippen LogP) is 3.95. The summed E-state index contributed by atoms with van der Waals surface area (Å²) in [6.45, 7) is 9.69. The molecule has 1 aliphatic heterocycles. The molecule has 0 amide bonds. The van der Waals surface area contributed by atoms with Crippen LogP contribution in [0.15, 0.2) is 0 Å². The average Bonchev–Trinajstić information content (AvgIpc) is 2.19. The molecule has 0 bridgehead atoms. The lowest BCUT2D eigenvalue weighted by Gasteiger charge is -2.42. The lowest BCUT2D eigenvalue weighted by Crippen LogP contribution is -2.40. The van der Waals surface area contributed by atoms with E-state index in [0.717, 1.165) is 13.0 Å². The summed E-state index contributed by atoms with van der Waals surface area (Å²) in [6.07, 6.45) is 5.27. The van der Waals surface area contributed by atoms with Crippen LogP contribution in [0.4, 0.5) is 0 Å². The zero-order chi connectivity index (χ0) is 10.6. The first-order valence-electron chi connectivity index (χ1n) is 5.65. The molecular weight excluding hydrogens is 195 g/mol. The Morgan fingerprint density at radius 2 is 2.14 bits per heavy atom. The minimum atomic E-state index is -0.610. The maximum Gasteiger partial charge on any atom is 0.167 e. The second-order valence-corrected chi connectivity index (χ2v) is 5.82. The van der Waals surface area contributed by atoms with Gasteiger partial charge in [0, 0.05) is 12.1 Å². The Hall–Kier alpha value is 0.350. The van der Waals surface area contributed by atoms with Crippen LogP contribution in [0.3, 0.4) is 0 Å². The van der Waals surface area contributed by atoms with E-state index in [1.165, 1.54) is 19.3 Å². The summed E-state index contributed by atoms with van der Waals surface area (Å²) >= 11 is 0. The summed E-state index contributed by atoms with van der Waals surface area (Å²) < 4.78 is 11.6. The molecule has 0 aliphatic carbocycles. The fourth-order valence-corrected chi connectivity index (χ4v) is 3.35. The van der Waals surface area contributed by atoms with Crippen molar-refractivity contribution in [1.29, 1.82) is 0 Å². The first-order chi connectivity index (χ1) is 6.62. The van der Waals surface area contributed by atoms with E-state index >= 15 is 0 Å². The van der Waals surface area contributed by atoms with Crippen LogP contribution >= 0.6 is 8.38 Å². The van der Waals surface area contributed by atoms with Crippen LogP contribution in [0.2, 0.25) is 0 Å². The van der Waals surface area contributed by atoms with E-state index in [-0.39, 0.29) is 5.41 Å². The molecule has 0 spiro atoms. The Balaban J connectivity index is 2.55. The van der Waals surface area contributed by atoms with Crippen LogP contribution < -0.4 is 0 Å². The molecule has 0 radical (unpaired) electrons. The summed E-state index contributed by atoms with van der Waals surface area (Å²) in [5.41, 5.74) is 0.250. The third-order valence-electron chi connectivity index (χ3n) is 3.10. The number of unbranched alkanes of at least 4 members (excludes halogenated alkanes) is 1. The average molecular weight is 218 g/mol. The molecule has 3 heteroatoms. The zero-order valence-electron chi connectivity index (χ0n) is 9.88. The third kappa shape index (κ3) is 2.92. The summed E-state index contributed by atoms with van der Waals surface area (Å²) in [4.78, 5) is 0. The molecule has 0 saturated carbocycles. The zero-order valence-corrected chi connectivity index (χ0v) is 10.8. The lowest BCUT2D eigenvalue weighted by molar-refractivity contribution is -0.0279. The Bertz CT molecular complexity index is 171. The van der Waals surface area contributed by atoms with Gasteiger partial charge in [0.15, 0.2) is 8.38 Å². The molecule has 2 nitrogen and oxygen atoms in total. The molecule has 0 aromatic rings. The first kappa shape index (κ1) is 12.4. The molecule has 3 unspecified atom stereocenters. The van der Waals surface area contributed by atoms with Gasteiger partial charge >= 0.3 is 0 Å². The van der Waals surface area contributed by atoms with Crippen molar-refractivity contribution in [2.45, 2.75) is 52.6 Å². The van der Waals surface area contributed by atoms with Gasteiger partial charge in [-0.05, 0) is 12.8 Å². The quantitative estimate of drug-likeness (QED) is 0.665. The van der Waals surface area contributed by atoms with Gasteiger partial charge in [-0.2, -0.15) is 0 Å². The fraction of sp³-hybridized carbons (Fsp3) is 1.00. The number of hydrogen-bond donors (Lipinski definition) is 0. The molecule has 1 aliphatic rings. The van der Waals surface area contributed by atoms with Crippen LogP contribution in [-0.2, 0) is 9.05 Å². The molecule has 1 fully saturated rings. The van der Waals surface area contributed by atoms with Gasteiger partial charge in [-0.3, -0.25) is 0 Å². The second-order valence-electron chi connectivity index (χ2n) is 4.47. The Morgan fingerprint density at radius 1 is 1.43 bits per heavy atom. The van der Waals surface area contributed by atoms with Crippen LogP contribution in [0.25, 0.3) is 0 Å². The van der Waals surface area contributed by atoms with Crippen molar-refractivity contribution in [3.8, 4) is 0 Å². The van der Waals surface area contributed by atoms with Crippen molar-refractivity contribution >= 4 is 8.38 Å². The third-order valence-corrected chi connectivity index (χ3v) is 4.15. The standard InChI is InChI=1S/C11H23O2P/c1-5-7-8-11(3)9-12-14(4)13-10(11)6-2/h10H,5-9H2,1-4H3. The van der Waals surface area contributed by atoms with Gasteiger partial charge in [0.25, 0.3) is 0 Å². The molecule has 0 aromatic carbocycles. The van der Waals surface area contributed by atoms with Crippen LogP contribution in [0.1, 0.15) is 46.5 Å². The molecule has 84 valence electrons. The number of rotatable bonds is 4. The van der Waals surface area contributed by atoms with E-state index in [9.17, 15) is 0 Å². The highest BCUT2D eigenvalue weighted by Gasteiger charge is 2.39. The summed E-state index contributed by atoms with van der Waals surface area (Å²) in [5.74, 6) is 0. The normalized spacial score (nSPS) is 38.6. The molecule has 0 N–H and O–H groups in total. The van der Waals surface area contributed by atoms with Crippen LogP contribution in [-0.4, -0.2) is 19.4 Å². The maximum absolute atomic E-state index is 5.89. The molecule has 1 rings (SSSR count). The topological polar surface area (TPSA) is 18.5 Å². The summed E-state index contributed by atoms with van der Waals surface area (Å²) in [5, 5.41) is 0. The Labute approximate surface area is 89.3 Å². The molecule has 14 heavy (non-hydrogen) atoms. The van der Waals surface area contributed by atoms with Crippen molar-refractivity contribution in [2.24, 2.45) is 5.41 Å². The van der Waals surface area contributed by atoms with Gasteiger partial charge in [-0.25, -0.2) is 0 Å². The molecule has 3 atom stereocenters. The second kappa shape index (κ2) is 5.44. The van der Waals surface area contributed by atoms with Crippen molar-refractivity contribution in [3.05, 3.63) is 0 Å². The van der Waals surface area contributed by atoms with Gasteiger partial charge in [0.05, 0.1) is 12.7 Å². The van der Waals surface area contributed by atoms with E-state index in [2.05, 4.69) is 27.4 Å². The highest BCUT2D eigenvalue weighted by atomic mass is 31.2. The van der Waals surface area contributed by atoms with E-state index in [4.69, 9.17) is 9.05 Å². The van der Waals surface area contributed by atoms with Crippen LogP contribution in [0.5, 0.6) is 0 Å². The Morgan fingerprint density at radius 3 is 2.71 bits per heavy atom. The highest BCUT2D eigenvalue weighted by Crippen LogP contribution is 2.49. The largest absolute Gasteiger partial charge is 0.334 e. The van der Waals surface area contributed by atoms with E-state index in [1.54, 1.807) is 0 Å². The predicted molar refractivity (Wildman–Crippen MR) is 61.6 cm³/mol. The van der Waals surface area contributed by atoms with Crippen LogP contribution in [0, 0.1) is 5.41 Å². The van der Waals surface area contributed by atoms with Gasteiger partial charge in [0.2, 0.25) is 0 Å². The molecule has 1 saturated heterocycles. The fourth-order valence-electron chi connectivity index (χ4n) is 2.05. The van der Waals surface area contributed by atoms with Gasteiger partial charge in [-0.15, -0.1) is 0 Å². The minimum absolute atomic E-state index is 0.250. The molecule has 1 heterocycles. The first-order valence-corrected chi connectivity index (χ1v) is 7.28. The maximum atomic E-state index is 5.89. The number of hydrogen-bond acceptors (Lipinski definition) is 2. The monoisotopic (exact) mass is 218 g/mol. The van der Waals surface area contributed by atoms with E-state index in [0.29, 0.717) is 6.10 Å². The smallest absolute Gasteiger partial charge is 0.167 e. The van der Waals surface area contributed by atoms with Crippen molar-refractivity contribution < 1.29 is 9.05 Å². The van der Waals surface area contributed by atoms with Crippen molar-refractivity contribution in [2.75, 3.05) is 13.3 Å². The molecule has 0 aromatic heterocycles. The van der Waals surface area contributed by atoms with Crippen molar-refractivity contribution in [3.63, 3.8) is 0 Å². The summed E-state index contributed by atoms with van der Waals surface area (Å²) in [6, 6.07) is 0. The van der Waals surface area contributed by atoms with Gasteiger partial charge in [-0.1, -0.05) is 33.6 Å². The van der Waals surface area contributed by atoms with Crippen molar-refractivity contribution in [1.82, 2.24) is 0 Å². The van der Waals surface area contributed by atoms with E-state index < -0.39 is 8.38 Å². The molecular formula is C11H23O2P. The SMILES string of the molecule is CCCCC1(C)COP(C)OC1CC. The minimum Gasteiger partial charge on any atom is -0.334 e. The van der Waals surface area contributed by atoms with E-state index in [1.807, 2.05) is 0 Å². The Kier molecular flexibility index (Phi) is 4.82. The highest BCUT2D eigenvalue weighted by molar-refractivity contribution is 7.46. The van der Waals surface area contributed by atoms with Gasteiger partial charge < -0.3 is 9.05 Å². The lowest BCUT2D eigenvalue weighted by atomic mass is 9.79. The summed E-state index contributed by atoms with van der Waals surface area (Å²) in [7, 11) is -0.610.